The summed E-state index contributed by atoms with van der Waals surface area (Å²) in [5.41, 5.74) is -0.765. The summed E-state index contributed by atoms with van der Waals surface area (Å²) in [6.07, 6.45) is 11.2. The fourth-order valence-corrected chi connectivity index (χ4v) is 7.60. The lowest BCUT2D eigenvalue weighted by molar-refractivity contribution is -0.143. The van der Waals surface area contributed by atoms with E-state index < -0.39 is 5.54 Å². The molecule has 7 atom stereocenters. The van der Waals surface area contributed by atoms with Gasteiger partial charge in [-0.15, -0.1) is 0 Å². The third-order valence-corrected chi connectivity index (χ3v) is 9.18. The number of amides is 2. The van der Waals surface area contributed by atoms with Crippen LogP contribution in [0.4, 0.5) is 0 Å². The molecular weight excluding hydrogens is 364 g/mol. The summed E-state index contributed by atoms with van der Waals surface area (Å²) in [4.78, 5) is 38.5. The summed E-state index contributed by atoms with van der Waals surface area (Å²) in [5.74, 6) is 1.89. The molecule has 4 rings (SSSR count). The third kappa shape index (κ3) is 2.98. The number of carbonyl (C=O) groups is 3. The Labute approximate surface area is 174 Å². The van der Waals surface area contributed by atoms with Crippen LogP contribution in [0.15, 0.2) is 12.2 Å². The first-order valence-electron chi connectivity index (χ1n) is 11.3. The number of fused-ring (bicyclic) bond motifs is 5. The molecule has 0 radical (unpaired) electrons. The lowest BCUT2D eigenvalue weighted by Crippen LogP contribution is -2.60. The second kappa shape index (κ2) is 6.68. The lowest BCUT2D eigenvalue weighted by Gasteiger charge is -2.60. The number of carbonyl (C=O) groups excluding carboxylic acids is 3. The van der Waals surface area contributed by atoms with Crippen LogP contribution >= 0.6 is 0 Å². The summed E-state index contributed by atoms with van der Waals surface area (Å²) < 4.78 is 0. The Hall–Kier alpha value is -1.65. The van der Waals surface area contributed by atoms with Gasteiger partial charge in [-0.1, -0.05) is 19.9 Å². The van der Waals surface area contributed by atoms with Gasteiger partial charge in [0, 0.05) is 24.4 Å². The van der Waals surface area contributed by atoms with Gasteiger partial charge in [-0.2, -0.15) is 0 Å². The van der Waals surface area contributed by atoms with E-state index in [1.165, 1.54) is 0 Å². The minimum atomic E-state index is -0.807. The van der Waals surface area contributed by atoms with Crippen LogP contribution < -0.4 is 5.32 Å². The fourth-order valence-electron chi connectivity index (χ4n) is 7.60. The van der Waals surface area contributed by atoms with E-state index in [4.69, 9.17) is 0 Å². The van der Waals surface area contributed by atoms with Crippen molar-refractivity contribution in [2.75, 3.05) is 7.05 Å². The van der Waals surface area contributed by atoms with Crippen molar-refractivity contribution in [3.8, 4) is 0 Å². The molecule has 1 aliphatic heterocycles. The van der Waals surface area contributed by atoms with Crippen LogP contribution in [0.5, 0.6) is 0 Å². The third-order valence-electron chi connectivity index (χ3n) is 9.18. The molecule has 2 amide bonds. The Morgan fingerprint density at radius 1 is 1.17 bits per heavy atom. The van der Waals surface area contributed by atoms with E-state index in [0.717, 1.165) is 44.8 Å². The molecule has 1 heterocycles. The van der Waals surface area contributed by atoms with Crippen LogP contribution in [0.2, 0.25) is 0 Å². The molecule has 3 fully saturated rings. The van der Waals surface area contributed by atoms with Crippen molar-refractivity contribution in [2.24, 2.45) is 34.5 Å². The van der Waals surface area contributed by atoms with Crippen molar-refractivity contribution >= 4 is 18.1 Å². The van der Waals surface area contributed by atoms with E-state index in [9.17, 15) is 14.4 Å². The van der Waals surface area contributed by atoms with Crippen molar-refractivity contribution in [3.05, 3.63) is 12.2 Å². The summed E-state index contributed by atoms with van der Waals surface area (Å²) >= 11 is 0. The second-order valence-electron chi connectivity index (χ2n) is 11.1. The van der Waals surface area contributed by atoms with E-state index in [1.807, 2.05) is 11.9 Å². The van der Waals surface area contributed by atoms with Crippen molar-refractivity contribution < 1.29 is 14.4 Å². The smallest absolute Gasteiger partial charge is 0.246 e. The first-order chi connectivity index (χ1) is 13.5. The van der Waals surface area contributed by atoms with Crippen molar-refractivity contribution in [1.82, 2.24) is 10.2 Å². The predicted octanol–water partition coefficient (Wildman–Crippen LogP) is 3.34. The molecule has 0 aromatic rings. The Kier molecular flexibility index (Phi) is 4.75. The summed E-state index contributed by atoms with van der Waals surface area (Å²) in [5, 5.41) is 2.98. The van der Waals surface area contributed by atoms with Gasteiger partial charge in [0.1, 0.15) is 6.29 Å². The topological polar surface area (TPSA) is 66.5 Å². The van der Waals surface area contributed by atoms with Gasteiger partial charge in [-0.05, 0) is 81.6 Å². The van der Waals surface area contributed by atoms with Gasteiger partial charge < -0.3 is 15.0 Å². The number of aldehydes is 1. The lowest BCUT2D eigenvalue weighted by atomic mass is 9.47. The molecular formula is C24H36N2O3. The highest BCUT2D eigenvalue weighted by atomic mass is 16.2. The average Bonchev–Trinajstić information content (AvgIpc) is 3.02. The molecule has 4 aliphatic rings. The summed E-state index contributed by atoms with van der Waals surface area (Å²) in [6.45, 7) is 8.19. The Bertz CT molecular complexity index is 759. The number of nitrogens with one attached hydrogen (secondary N) is 1. The molecule has 29 heavy (non-hydrogen) atoms. The van der Waals surface area contributed by atoms with E-state index in [1.54, 1.807) is 19.9 Å². The predicted molar refractivity (Wildman–Crippen MR) is 112 cm³/mol. The second-order valence-corrected chi connectivity index (χ2v) is 11.1. The zero-order valence-electron chi connectivity index (χ0n) is 18.5. The Morgan fingerprint density at radius 3 is 2.59 bits per heavy atom. The highest BCUT2D eigenvalue weighted by Crippen LogP contribution is 2.65. The molecule has 5 nitrogen and oxygen atoms in total. The van der Waals surface area contributed by atoms with Crippen LogP contribution in [0.1, 0.15) is 66.2 Å². The standard InChI is InChI=1S/C24H36N2O3/c1-22(2,14-27)25-21(29)18-8-7-16-15-6-9-19-24(4,13-11-20(28)26(19)5)17(15)10-12-23(16,18)3/h11,13-19H,6-10,12H2,1-5H3,(H,25,29)/t15-,16-,17-,18+,19+,23-,24+/m0/s1. The molecule has 0 saturated heterocycles. The molecule has 1 N–H and O–H groups in total. The van der Waals surface area contributed by atoms with Gasteiger partial charge in [0.25, 0.3) is 0 Å². The molecule has 160 valence electrons. The van der Waals surface area contributed by atoms with Crippen LogP contribution in [0, 0.1) is 34.5 Å². The fraction of sp³-hybridized carbons (Fsp3) is 0.792. The summed E-state index contributed by atoms with van der Waals surface area (Å²) in [7, 11) is 1.95. The van der Waals surface area contributed by atoms with Gasteiger partial charge in [0.15, 0.2) is 0 Å². The van der Waals surface area contributed by atoms with Crippen LogP contribution in [-0.2, 0) is 14.4 Å². The van der Waals surface area contributed by atoms with Gasteiger partial charge in [0.05, 0.1) is 5.54 Å². The Balaban J connectivity index is 1.58. The zero-order valence-corrected chi connectivity index (χ0v) is 18.5. The first kappa shape index (κ1) is 20.6. The van der Waals surface area contributed by atoms with Crippen molar-refractivity contribution in [1.29, 1.82) is 0 Å². The van der Waals surface area contributed by atoms with E-state index in [-0.39, 0.29) is 28.6 Å². The van der Waals surface area contributed by atoms with Crippen molar-refractivity contribution in [2.45, 2.75) is 77.8 Å². The minimum Gasteiger partial charge on any atom is -0.344 e. The van der Waals surface area contributed by atoms with Crippen LogP contribution in [0.25, 0.3) is 0 Å². The zero-order chi connectivity index (χ0) is 21.2. The number of rotatable bonds is 3. The SMILES string of the molecule is CN1C(=O)C=C[C@]2(C)[C@H]3CC[C@]4(C)[C@@H](C(=O)NC(C)(C)C=O)CC[C@H]4[C@@H]3CC[C@@H]12. The quantitative estimate of drug-likeness (QED) is 0.739. The highest BCUT2D eigenvalue weighted by Gasteiger charge is 2.61. The minimum absolute atomic E-state index is 0.00745. The van der Waals surface area contributed by atoms with Crippen molar-refractivity contribution in [3.63, 3.8) is 0 Å². The maximum atomic E-state index is 13.1. The molecule has 3 aliphatic carbocycles. The highest BCUT2D eigenvalue weighted by molar-refractivity contribution is 5.89. The molecule has 0 bridgehead atoms. The van der Waals surface area contributed by atoms with Crippen LogP contribution in [-0.4, -0.2) is 41.6 Å². The van der Waals surface area contributed by atoms with Crippen LogP contribution in [0.3, 0.4) is 0 Å². The normalized spacial score (nSPS) is 44.0. The van der Waals surface area contributed by atoms with Gasteiger partial charge in [0.2, 0.25) is 11.8 Å². The molecule has 0 aromatic carbocycles. The number of hydrogen-bond donors (Lipinski definition) is 1. The molecule has 3 saturated carbocycles. The molecule has 5 heteroatoms. The van der Waals surface area contributed by atoms with Gasteiger partial charge in [-0.3, -0.25) is 9.59 Å². The first-order valence-corrected chi connectivity index (χ1v) is 11.3. The molecule has 0 spiro atoms. The molecule has 0 aromatic heterocycles. The largest absolute Gasteiger partial charge is 0.344 e. The van der Waals surface area contributed by atoms with E-state index >= 15 is 0 Å². The average molecular weight is 401 g/mol. The van der Waals surface area contributed by atoms with E-state index in [2.05, 4.69) is 25.2 Å². The number of likely N-dealkylation sites (N-methyl/N-ethyl adjacent to an activating group) is 1. The monoisotopic (exact) mass is 400 g/mol. The molecule has 0 unspecified atom stereocenters. The van der Waals surface area contributed by atoms with Gasteiger partial charge >= 0.3 is 0 Å². The maximum absolute atomic E-state index is 13.1. The van der Waals surface area contributed by atoms with Gasteiger partial charge in [-0.25, -0.2) is 0 Å². The number of hydrogen-bond acceptors (Lipinski definition) is 3. The summed E-state index contributed by atoms with van der Waals surface area (Å²) in [6, 6.07) is 0.291. The van der Waals surface area contributed by atoms with E-state index in [0.29, 0.717) is 23.8 Å². The Morgan fingerprint density at radius 2 is 1.90 bits per heavy atom. The number of nitrogens with zero attached hydrogens (tertiary/aromatic N) is 1. The maximum Gasteiger partial charge on any atom is 0.246 e.